The fourth-order valence-corrected chi connectivity index (χ4v) is 13.9. The highest BCUT2D eigenvalue weighted by atomic mass is 16.7. The number of hydrogen-bond donors (Lipinski definition) is 1. The third-order valence-corrected chi connectivity index (χ3v) is 16.2. The zero-order chi connectivity index (χ0) is 32.3. The molecule has 8 aliphatic rings. The maximum absolute atomic E-state index is 11.0. The first-order chi connectivity index (χ1) is 21.9. The van der Waals surface area contributed by atoms with Gasteiger partial charge in [-0.3, -0.25) is 4.90 Å². The maximum Gasteiger partial charge on any atom is 0.170 e. The summed E-state index contributed by atoms with van der Waals surface area (Å²) in [5.41, 5.74) is 0.751. The van der Waals surface area contributed by atoms with Crippen LogP contribution in [0.4, 0.5) is 0 Å². The number of ether oxygens (including phenoxy) is 4. The Morgan fingerprint density at radius 3 is 2.43 bits per heavy atom. The molecule has 0 aromatic rings. The van der Waals surface area contributed by atoms with Gasteiger partial charge in [0, 0.05) is 38.8 Å². The van der Waals surface area contributed by atoms with Crippen LogP contribution in [0.1, 0.15) is 113 Å². The van der Waals surface area contributed by atoms with Gasteiger partial charge in [-0.05, 0) is 137 Å². The zero-order valence-electron chi connectivity index (χ0n) is 30.3. The topological polar surface area (TPSA) is 63.6 Å². The number of morpholine rings is 1. The molecule has 0 bridgehead atoms. The van der Waals surface area contributed by atoms with Crippen molar-refractivity contribution in [2.75, 3.05) is 45.9 Å². The Hall–Kier alpha value is -0.280. The molecule has 3 aliphatic heterocycles. The van der Waals surface area contributed by atoms with E-state index in [0.717, 1.165) is 50.4 Å². The molecule has 5 aliphatic carbocycles. The second kappa shape index (κ2) is 11.4. The van der Waals surface area contributed by atoms with E-state index in [2.05, 4.69) is 37.5 Å². The Balaban J connectivity index is 0.946. The summed E-state index contributed by atoms with van der Waals surface area (Å²) in [6, 6.07) is 0.680. The van der Waals surface area contributed by atoms with Crippen molar-refractivity contribution < 1.29 is 24.1 Å². The standard InChI is InChI=1S/C39H66N2O5/c1-8-40-21-25(22-40)41-18-19-44-33(23-41)46-32-14-15-39-24-38(39)17-16-37(7)27-10-12-29(34(43-9-2)36(5,6)42)45-30(27)20-28(37)26(38)11-13-31(39)35(32,3)4/h25-34,42H,8-24H2,1-7H3. The molecule has 7 heteroatoms. The minimum Gasteiger partial charge on any atom is -0.388 e. The Kier molecular flexibility index (Phi) is 8.13. The summed E-state index contributed by atoms with van der Waals surface area (Å²) >= 11 is 0. The summed E-state index contributed by atoms with van der Waals surface area (Å²) in [7, 11) is 0. The number of fused-ring (bicyclic) bond motifs is 4. The maximum atomic E-state index is 11.0. The molecule has 2 spiro atoms. The predicted octanol–water partition coefficient (Wildman–Crippen LogP) is 6.12. The molecule has 0 aromatic carbocycles. The minimum atomic E-state index is -0.892. The molecule has 12 atom stereocenters. The quantitative estimate of drug-likeness (QED) is 0.343. The monoisotopic (exact) mass is 642 g/mol. The predicted molar refractivity (Wildman–Crippen MR) is 179 cm³/mol. The lowest BCUT2D eigenvalue weighted by Crippen LogP contribution is -2.63. The first kappa shape index (κ1) is 32.9. The van der Waals surface area contributed by atoms with Crippen LogP contribution in [0.2, 0.25) is 0 Å². The summed E-state index contributed by atoms with van der Waals surface area (Å²) in [5.74, 6) is 3.03. The molecule has 1 N–H and O–H groups in total. The van der Waals surface area contributed by atoms with Gasteiger partial charge >= 0.3 is 0 Å². The summed E-state index contributed by atoms with van der Waals surface area (Å²) < 4.78 is 26.4. The van der Waals surface area contributed by atoms with Crippen LogP contribution in [-0.4, -0.2) is 103 Å². The van der Waals surface area contributed by atoms with Crippen LogP contribution >= 0.6 is 0 Å². The number of aliphatic hydroxyl groups is 1. The average molecular weight is 643 g/mol. The van der Waals surface area contributed by atoms with Crippen molar-refractivity contribution in [3.05, 3.63) is 0 Å². The molecule has 8 fully saturated rings. The molecule has 3 heterocycles. The molecular weight excluding hydrogens is 576 g/mol. The first-order valence-corrected chi connectivity index (χ1v) is 19.6. The number of likely N-dealkylation sites (N-methyl/N-ethyl adjacent to an activating group) is 1. The highest BCUT2D eigenvalue weighted by molar-refractivity contribution is 5.29. The van der Waals surface area contributed by atoms with Gasteiger partial charge in [-0.2, -0.15) is 0 Å². The van der Waals surface area contributed by atoms with Crippen LogP contribution in [0.25, 0.3) is 0 Å². The van der Waals surface area contributed by atoms with E-state index in [1.807, 2.05) is 20.8 Å². The van der Waals surface area contributed by atoms with E-state index in [4.69, 9.17) is 18.9 Å². The van der Waals surface area contributed by atoms with Gasteiger partial charge in [0.05, 0.1) is 30.5 Å². The molecular formula is C39H66N2O5. The molecule has 46 heavy (non-hydrogen) atoms. The normalized spacial score (nSPS) is 49.6. The van der Waals surface area contributed by atoms with Crippen molar-refractivity contribution >= 4 is 0 Å². The second-order valence-electron chi connectivity index (χ2n) is 18.8. The molecule has 0 aromatic heterocycles. The van der Waals surface area contributed by atoms with Gasteiger partial charge in [0.25, 0.3) is 0 Å². The highest BCUT2D eigenvalue weighted by Crippen LogP contribution is 2.87. The smallest absolute Gasteiger partial charge is 0.170 e. The minimum absolute atomic E-state index is 0.00188. The summed E-state index contributed by atoms with van der Waals surface area (Å²) in [4.78, 5) is 5.18. The van der Waals surface area contributed by atoms with Gasteiger partial charge in [0.1, 0.15) is 6.10 Å². The Bertz CT molecular complexity index is 1140. The summed E-state index contributed by atoms with van der Waals surface area (Å²) in [6.45, 7) is 22.8. The first-order valence-electron chi connectivity index (χ1n) is 19.6. The lowest BCUT2D eigenvalue weighted by atomic mass is 9.46. The molecule has 5 saturated carbocycles. The van der Waals surface area contributed by atoms with Crippen molar-refractivity contribution in [2.24, 2.45) is 45.3 Å². The summed E-state index contributed by atoms with van der Waals surface area (Å²) in [6.07, 6.45) is 13.3. The molecule has 8 rings (SSSR count). The zero-order valence-corrected chi connectivity index (χ0v) is 30.3. The largest absolute Gasteiger partial charge is 0.388 e. The van der Waals surface area contributed by atoms with Crippen LogP contribution in [0.15, 0.2) is 0 Å². The van der Waals surface area contributed by atoms with Crippen LogP contribution in [-0.2, 0) is 18.9 Å². The van der Waals surface area contributed by atoms with Gasteiger partial charge in [-0.25, -0.2) is 0 Å². The van der Waals surface area contributed by atoms with Crippen molar-refractivity contribution in [1.82, 2.24) is 9.80 Å². The van der Waals surface area contributed by atoms with Gasteiger partial charge in [-0.1, -0.05) is 27.7 Å². The average Bonchev–Trinajstić information content (AvgIpc) is 3.56. The van der Waals surface area contributed by atoms with Crippen LogP contribution in [0, 0.1) is 45.3 Å². The molecule has 0 radical (unpaired) electrons. The van der Waals surface area contributed by atoms with Crippen LogP contribution in [0.5, 0.6) is 0 Å². The van der Waals surface area contributed by atoms with E-state index in [9.17, 15) is 5.11 Å². The van der Waals surface area contributed by atoms with E-state index < -0.39 is 5.60 Å². The van der Waals surface area contributed by atoms with Crippen molar-refractivity contribution in [3.8, 4) is 0 Å². The van der Waals surface area contributed by atoms with Gasteiger partial charge in [-0.15, -0.1) is 0 Å². The Labute approximate surface area is 279 Å². The molecule has 12 unspecified atom stereocenters. The van der Waals surface area contributed by atoms with Crippen molar-refractivity contribution in [3.63, 3.8) is 0 Å². The van der Waals surface area contributed by atoms with Crippen molar-refractivity contribution in [1.29, 1.82) is 0 Å². The fourth-order valence-electron chi connectivity index (χ4n) is 13.9. The van der Waals surface area contributed by atoms with E-state index in [1.54, 1.807) is 0 Å². The van der Waals surface area contributed by atoms with Crippen LogP contribution < -0.4 is 0 Å². The SMILES string of the molecule is CCOC(C1CCC2C(CC3C4CCC5C(C)(C)C(OC6CN(C7CN(CC)C7)CCO6)CCC56CC46CCC23C)O1)C(C)(C)O. The van der Waals surface area contributed by atoms with Crippen LogP contribution in [0.3, 0.4) is 0 Å². The third-order valence-electron chi connectivity index (χ3n) is 16.2. The third kappa shape index (κ3) is 4.82. The lowest BCUT2D eigenvalue weighted by molar-refractivity contribution is -0.250. The molecule has 0 amide bonds. The summed E-state index contributed by atoms with van der Waals surface area (Å²) in [5, 5.41) is 11.0. The second-order valence-corrected chi connectivity index (χ2v) is 18.8. The fraction of sp³-hybridized carbons (Fsp3) is 1.00. The molecule has 3 saturated heterocycles. The number of likely N-dealkylation sites (tertiary alicyclic amines) is 1. The molecule has 262 valence electrons. The molecule has 7 nitrogen and oxygen atoms in total. The number of hydrogen-bond acceptors (Lipinski definition) is 7. The Morgan fingerprint density at radius 2 is 1.70 bits per heavy atom. The highest BCUT2D eigenvalue weighted by Gasteiger charge is 2.80. The van der Waals surface area contributed by atoms with E-state index in [-0.39, 0.29) is 23.9 Å². The van der Waals surface area contributed by atoms with E-state index in [1.165, 1.54) is 70.9 Å². The van der Waals surface area contributed by atoms with Crippen molar-refractivity contribution in [2.45, 2.75) is 155 Å². The van der Waals surface area contributed by atoms with E-state index >= 15 is 0 Å². The Morgan fingerprint density at radius 1 is 0.913 bits per heavy atom. The number of rotatable bonds is 8. The number of nitrogens with zero attached hydrogens (tertiary/aromatic N) is 2. The van der Waals surface area contributed by atoms with Gasteiger partial charge < -0.3 is 29.0 Å². The lowest BCUT2D eigenvalue weighted by Gasteiger charge is -2.60. The van der Waals surface area contributed by atoms with E-state index in [0.29, 0.717) is 47.0 Å². The van der Waals surface area contributed by atoms with Gasteiger partial charge in [0.15, 0.2) is 6.29 Å². The van der Waals surface area contributed by atoms with Gasteiger partial charge in [0.2, 0.25) is 0 Å².